The molecule has 0 fully saturated rings. The van der Waals surface area contributed by atoms with Crippen molar-refractivity contribution in [3.05, 3.63) is 12.2 Å². The molecule has 0 saturated heterocycles. The quantitative estimate of drug-likeness (QED) is 0.397. The normalized spacial score (nSPS) is 10.8. The first-order valence-electron chi connectivity index (χ1n) is 5.47. The minimum Gasteiger partial charge on any atom is -0.465 e. The SMILES string of the molecule is C=C(CC)C(C)(C(=O)OCC)C(=O)OCC. The molecule has 0 aromatic carbocycles. The Morgan fingerprint density at radius 2 is 1.44 bits per heavy atom. The average Bonchev–Trinajstić information content (AvgIpc) is 2.27. The molecule has 0 N–H and O–H groups in total. The molecular formula is C12H20O4. The van der Waals surface area contributed by atoms with Crippen molar-refractivity contribution in [2.45, 2.75) is 34.1 Å². The second kappa shape index (κ2) is 6.30. The summed E-state index contributed by atoms with van der Waals surface area (Å²) in [7, 11) is 0. The van der Waals surface area contributed by atoms with Gasteiger partial charge in [-0.2, -0.15) is 0 Å². The Morgan fingerprint density at radius 1 is 1.06 bits per heavy atom. The van der Waals surface area contributed by atoms with Gasteiger partial charge in [0.15, 0.2) is 5.41 Å². The van der Waals surface area contributed by atoms with Crippen molar-refractivity contribution in [3.63, 3.8) is 0 Å². The molecule has 4 heteroatoms. The van der Waals surface area contributed by atoms with Crippen molar-refractivity contribution < 1.29 is 19.1 Å². The summed E-state index contributed by atoms with van der Waals surface area (Å²) in [5.41, 5.74) is -0.884. The molecule has 92 valence electrons. The highest BCUT2D eigenvalue weighted by Crippen LogP contribution is 2.31. The molecule has 0 aliphatic heterocycles. The van der Waals surface area contributed by atoms with Crippen LogP contribution in [0.5, 0.6) is 0 Å². The van der Waals surface area contributed by atoms with E-state index in [1.807, 2.05) is 6.92 Å². The van der Waals surface area contributed by atoms with Crippen molar-refractivity contribution >= 4 is 11.9 Å². The van der Waals surface area contributed by atoms with Crippen LogP contribution in [0.4, 0.5) is 0 Å². The third-order valence-electron chi connectivity index (χ3n) is 2.50. The summed E-state index contributed by atoms with van der Waals surface area (Å²) < 4.78 is 9.79. The fraction of sp³-hybridized carbons (Fsp3) is 0.667. The summed E-state index contributed by atoms with van der Waals surface area (Å²) in [6.45, 7) is 10.9. The van der Waals surface area contributed by atoms with Crippen molar-refractivity contribution in [3.8, 4) is 0 Å². The standard InChI is InChI=1S/C12H20O4/c1-6-9(4)12(5,10(13)15-7-2)11(14)16-8-3/h4,6-8H2,1-3,5H3. The van der Waals surface area contributed by atoms with E-state index in [9.17, 15) is 9.59 Å². The number of hydrogen-bond donors (Lipinski definition) is 0. The Hall–Kier alpha value is -1.32. The zero-order valence-electron chi connectivity index (χ0n) is 10.5. The number of carbonyl (C=O) groups excluding carboxylic acids is 2. The lowest BCUT2D eigenvalue weighted by Gasteiger charge is -2.26. The van der Waals surface area contributed by atoms with E-state index in [1.54, 1.807) is 13.8 Å². The minimum absolute atomic E-state index is 0.227. The van der Waals surface area contributed by atoms with Gasteiger partial charge in [0.05, 0.1) is 13.2 Å². The highest BCUT2D eigenvalue weighted by atomic mass is 16.6. The molecule has 0 aliphatic carbocycles. The van der Waals surface area contributed by atoms with Gasteiger partial charge in [0, 0.05) is 0 Å². The van der Waals surface area contributed by atoms with Gasteiger partial charge in [0.1, 0.15) is 0 Å². The van der Waals surface area contributed by atoms with Gasteiger partial charge in [-0.05, 0) is 32.8 Å². The summed E-state index contributed by atoms with van der Waals surface area (Å²) in [5, 5.41) is 0. The van der Waals surface area contributed by atoms with E-state index in [0.29, 0.717) is 12.0 Å². The summed E-state index contributed by atoms with van der Waals surface area (Å²) >= 11 is 0. The van der Waals surface area contributed by atoms with Crippen LogP contribution in [-0.4, -0.2) is 25.2 Å². The molecule has 0 aliphatic rings. The van der Waals surface area contributed by atoms with Gasteiger partial charge >= 0.3 is 11.9 Å². The summed E-state index contributed by atoms with van der Waals surface area (Å²) in [4.78, 5) is 23.6. The molecule has 0 rings (SSSR count). The topological polar surface area (TPSA) is 52.6 Å². The number of esters is 2. The second-order valence-electron chi connectivity index (χ2n) is 3.52. The van der Waals surface area contributed by atoms with Gasteiger partial charge < -0.3 is 9.47 Å². The lowest BCUT2D eigenvalue weighted by molar-refractivity contribution is -0.167. The molecule has 0 amide bonds. The first-order chi connectivity index (χ1) is 7.44. The predicted molar refractivity (Wildman–Crippen MR) is 60.8 cm³/mol. The van der Waals surface area contributed by atoms with Gasteiger partial charge in [-0.15, -0.1) is 0 Å². The number of hydrogen-bond acceptors (Lipinski definition) is 4. The fourth-order valence-electron chi connectivity index (χ4n) is 1.28. The molecule has 0 aromatic rings. The number of ether oxygens (including phenoxy) is 2. The van der Waals surface area contributed by atoms with Crippen molar-refractivity contribution in [1.82, 2.24) is 0 Å². The van der Waals surface area contributed by atoms with Gasteiger partial charge in [-0.1, -0.05) is 13.5 Å². The Labute approximate surface area is 96.6 Å². The lowest BCUT2D eigenvalue weighted by atomic mass is 9.81. The highest BCUT2D eigenvalue weighted by Gasteiger charge is 2.46. The smallest absolute Gasteiger partial charge is 0.327 e. The predicted octanol–water partition coefficient (Wildman–Crippen LogP) is 2.09. The van der Waals surface area contributed by atoms with Crippen LogP contribution in [0.25, 0.3) is 0 Å². The van der Waals surface area contributed by atoms with Gasteiger partial charge in [-0.3, -0.25) is 9.59 Å². The first-order valence-corrected chi connectivity index (χ1v) is 5.47. The molecule has 4 nitrogen and oxygen atoms in total. The lowest BCUT2D eigenvalue weighted by Crippen LogP contribution is -2.40. The van der Waals surface area contributed by atoms with Crippen molar-refractivity contribution in [2.24, 2.45) is 5.41 Å². The van der Waals surface area contributed by atoms with E-state index in [4.69, 9.17) is 9.47 Å². The van der Waals surface area contributed by atoms with Crippen molar-refractivity contribution in [1.29, 1.82) is 0 Å². The third kappa shape index (κ3) is 2.84. The fourth-order valence-corrected chi connectivity index (χ4v) is 1.28. The van der Waals surface area contributed by atoms with E-state index in [2.05, 4.69) is 6.58 Å². The zero-order chi connectivity index (χ0) is 12.8. The maximum atomic E-state index is 11.8. The largest absolute Gasteiger partial charge is 0.465 e. The minimum atomic E-state index is -1.39. The van der Waals surface area contributed by atoms with E-state index in [0.717, 1.165) is 0 Å². The summed E-state index contributed by atoms with van der Waals surface area (Å²) in [6.07, 6.45) is 0.522. The van der Waals surface area contributed by atoms with Crippen molar-refractivity contribution in [2.75, 3.05) is 13.2 Å². The van der Waals surface area contributed by atoms with Gasteiger partial charge in [-0.25, -0.2) is 0 Å². The Bertz CT molecular complexity index is 263. The molecule has 0 unspecified atom stereocenters. The average molecular weight is 228 g/mol. The summed E-state index contributed by atoms with van der Waals surface area (Å²) in [5.74, 6) is -1.19. The van der Waals surface area contributed by atoms with Crippen LogP contribution in [0.1, 0.15) is 34.1 Å². The van der Waals surface area contributed by atoms with Crippen LogP contribution in [0.2, 0.25) is 0 Å². The molecule has 0 heterocycles. The van der Waals surface area contributed by atoms with Crippen LogP contribution >= 0.6 is 0 Å². The Morgan fingerprint density at radius 3 is 1.69 bits per heavy atom. The van der Waals surface area contributed by atoms with Crippen LogP contribution in [-0.2, 0) is 19.1 Å². The maximum absolute atomic E-state index is 11.8. The molecule has 0 radical (unpaired) electrons. The monoisotopic (exact) mass is 228 g/mol. The van der Waals surface area contributed by atoms with E-state index >= 15 is 0 Å². The van der Waals surface area contributed by atoms with E-state index in [-0.39, 0.29) is 13.2 Å². The Balaban J connectivity index is 5.10. The molecule has 16 heavy (non-hydrogen) atoms. The molecule has 0 bridgehead atoms. The third-order valence-corrected chi connectivity index (χ3v) is 2.50. The van der Waals surface area contributed by atoms with Gasteiger partial charge in [0.25, 0.3) is 0 Å². The van der Waals surface area contributed by atoms with E-state index in [1.165, 1.54) is 6.92 Å². The van der Waals surface area contributed by atoms with Gasteiger partial charge in [0.2, 0.25) is 0 Å². The molecule has 0 saturated carbocycles. The highest BCUT2D eigenvalue weighted by molar-refractivity contribution is 6.02. The number of rotatable bonds is 6. The Kier molecular flexibility index (Phi) is 5.78. The first kappa shape index (κ1) is 14.7. The molecule has 0 spiro atoms. The molecule has 0 atom stereocenters. The van der Waals surface area contributed by atoms with Crippen LogP contribution in [0.3, 0.4) is 0 Å². The van der Waals surface area contributed by atoms with Crippen LogP contribution in [0.15, 0.2) is 12.2 Å². The molecular weight excluding hydrogens is 208 g/mol. The second-order valence-corrected chi connectivity index (χ2v) is 3.52. The summed E-state index contributed by atoms with van der Waals surface area (Å²) in [6, 6.07) is 0. The zero-order valence-corrected chi connectivity index (χ0v) is 10.5. The molecule has 0 aromatic heterocycles. The number of carbonyl (C=O) groups is 2. The van der Waals surface area contributed by atoms with Crippen LogP contribution in [0, 0.1) is 5.41 Å². The van der Waals surface area contributed by atoms with Crippen LogP contribution < -0.4 is 0 Å². The maximum Gasteiger partial charge on any atom is 0.327 e. The van der Waals surface area contributed by atoms with E-state index < -0.39 is 17.4 Å².